The number of hydrazine groups is 1. The average Bonchev–Trinajstić information content (AvgIpc) is 2.40. The van der Waals surface area contributed by atoms with Gasteiger partial charge >= 0.3 is 0 Å². The van der Waals surface area contributed by atoms with Gasteiger partial charge in [-0.15, -0.1) is 0 Å². The van der Waals surface area contributed by atoms with Gasteiger partial charge in [0.05, 0.1) is 6.04 Å². The molecule has 0 saturated heterocycles. The van der Waals surface area contributed by atoms with Crippen LogP contribution in [0.2, 0.25) is 10.0 Å². The highest BCUT2D eigenvalue weighted by atomic mass is 35.5. The number of benzene rings is 2. The third-order valence-electron chi connectivity index (χ3n) is 3.05. The van der Waals surface area contributed by atoms with Crippen molar-refractivity contribution in [1.29, 1.82) is 0 Å². The van der Waals surface area contributed by atoms with Crippen LogP contribution in [0.3, 0.4) is 0 Å². The number of halogens is 4. The molecule has 0 saturated carbocycles. The van der Waals surface area contributed by atoms with Crippen molar-refractivity contribution in [2.75, 3.05) is 0 Å². The Kier molecular flexibility index (Phi) is 4.60. The van der Waals surface area contributed by atoms with Gasteiger partial charge in [0, 0.05) is 15.6 Å². The molecule has 0 radical (unpaired) electrons. The van der Waals surface area contributed by atoms with Gasteiger partial charge in [0.25, 0.3) is 0 Å². The smallest absolute Gasteiger partial charge is 0.134 e. The van der Waals surface area contributed by atoms with E-state index >= 15 is 0 Å². The summed E-state index contributed by atoms with van der Waals surface area (Å²) in [6.07, 6.45) is 0. The molecule has 0 aromatic heterocycles. The minimum absolute atomic E-state index is 0.170. The first kappa shape index (κ1) is 15.2. The van der Waals surface area contributed by atoms with E-state index in [0.717, 1.165) is 0 Å². The summed E-state index contributed by atoms with van der Waals surface area (Å²) in [6.45, 7) is 1.55. The van der Waals surface area contributed by atoms with E-state index in [0.29, 0.717) is 16.1 Å². The minimum atomic E-state index is -0.903. The van der Waals surface area contributed by atoms with Crippen molar-refractivity contribution in [2.24, 2.45) is 5.84 Å². The topological polar surface area (TPSA) is 38.0 Å². The van der Waals surface area contributed by atoms with E-state index in [4.69, 9.17) is 29.0 Å². The Morgan fingerprint density at radius 1 is 1.15 bits per heavy atom. The Bertz CT molecular complexity index is 647. The summed E-state index contributed by atoms with van der Waals surface area (Å²) >= 11 is 11.9. The van der Waals surface area contributed by atoms with Crippen molar-refractivity contribution in [1.82, 2.24) is 5.43 Å². The first-order chi connectivity index (χ1) is 9.45. The van der Waals surface area contributed by atoms with Gasteiger partial charge in [-0.25, -0.2) is 14.2 Å². The van der Waals surface area contributed by atoms with E-state index in [1.807, 2.05) is 0 Å². The van der Waals surface area contributed by atoms with Crippen molar-refractivity contribution < 1.29 is 8.78 Å². The molecule has 3 N–H and O–H groups in total. The summed E-state index contributed by atoms with van der Waals surface area (Å²) in [7, 11) is 0. The summed E-state index contributed by atoms with van der Waals surface area (Å²) in [5.74, 6) is 4.11. The minimum Gasteiger partial charge on any atom is -0.271 e. The van der Waals surface area contributed by atoms with Gasteiger partial charge in [0.1, 0.15) is 11.6 Å². The highest BCUT2D eigenvalue weighted by Crippen LogP contribution is 2.33. The Hall–Kier alpha value is -1.20. The predicted molar refractivity (Wildman–Crippen MR) is 76.7 cm³/mol. The van der Waals surface area contributed by atoms with Crippen molar-refractivity contribution >= 4 is 23.2 Å². The molecule has 2 rings (SSSR count). The van der Waals surface area contributed by atoms with Crippen molar-refractivity contribution in [2.45, 2.75) is 13.0 Å². The molecule has 0 aliphatic rings. The molecule has 2 aromatic carbocycles. The summed E-state index contributed by atoms with van der Waals surface area (Å²) < 4.78 is 28.2. The molecular weight excluding hydrogens is 305 g/mol. The van der Waals surface area contributed by atoms with Gasteiger partial charge in [0.2, 0.25) is 0 Å². The lowest BCUT2D eigenvalue weighted by Gasteiger charge is -2.20. The van der Waals surface area contributed by atoms with Crippen LogP contribution in [0.4, 0.5) is 8.78 Å². The second kappa shape index (κ2) is 6.06. The van der Waals surface area contributed by atoms with Gasteiger partial charge in [-0.1, -0.05) is 35.3 Å². The number of hydrogen-bond acceptors (Lipinski definition) is 2. The number of nitrogens with one attached hydrogen (secondary N) is 1. The van der Waals surface area contributed by atoms with Gasteiger partial charge < -0.3 is 0 Å². The van der Waals surface area contributed by atoms with Gasteiger partial charge in [0.15, 0.2) is 0 Å². The zero-order chi connectivity index (χ0) is 14.9. The molecule has 0 bridgehead atoms. The predicted octanol–water partition coefficient (Wildman–Crippen LogP) is 4.13. The third kappa shape index (κ3) is 2.79. The van der Waals surface area contributed by atoms with Crippen LogP contribution in [0.25, 0.3) is 0 Å². The van der Waals surface area contributed by atoms with E-state index < -0.39 is 17.7 Å². The van der Waals surface area contributed by atoms with Gasteiger partial charge in [-0.05, 0) is 36.2 Å². The number of aryl methyl sites for hydroxylation is 1. The number of nitrogens with two attached hydrogens (primary N) is 1. The molecule has 0 fully saturated rings. The van der Waals surface area contributed by atoms with Crippen molar-refractivity contribution in [3.63, 3.8) is 0 Å². The molecule has 0 aliphatic carbocycles. The van der Waals surface area contributed by atoms with Crippen LogP contribution in [0.1, 0.15) is 22.7 Å². The van der Waals surface area contributed by atoms with Crippen LogP contribution in [-0.2, 0) is 0 Å². The molecule has 1 unspecified atom stereocenters. The first-order valence-corrected chi connectivity index (χ1v) is 6.57. The molecule has 0 amide bonds. The fourth-order valence-electron chi connectivity index (χ4n) is 2.01. The largest absolute Gasteiger partial charge is 0.271 e. The zero-order valence-electron chi connectivity index (χ0n) is 10.6. The van der Waals surface area contributed by atoms with E-state index in [1.54, 1.807) is 19.1 Å². The van der Waals surface area contributed by atoms with E-state index in [9.17, 15) is 8.78 Å². The van der Waals surface area contributed by atoms with Crippen LogP contribution in [0.15, 0.2) is 30.3 Å². The summed E-state index contributed by atoms with van der Waals surface area (Å²) in [6, 6.07) is 6.32. The van der Waals surface area contributed by atoms with Gasteiger partial charge in [-0.2, -0.15) is 0 Å². The van der Waals surface area contributed by atoms with E-state index in [1.165, 1.54) is 18.2 Å². The molecule has 0 heterocycles. The number of hydrogen-bond donors (Lipinski definition) is 2. The monoisotopic (exact) mass is 316 g/mol. The Labute approximate surface area is 125 Å². The quantitative estimate of drug-likeness (QED) is 0.660. The molecule has 20 heavy (non-hydrogen) atoms. The van der Waals surface area contributed by atoms with E-state index in [-0.39, 0.29) is 10.6 Å². The van der Waals surface area contributed by atoms with Crippen LogP contribution < -0.4 is 11.3 Å². The average molecular weight is 317 g/mol. The molecule has 106 valence electrons. The summed E-state index contributed by atoms with van der Waals surface area (Å²) in [4.78, 5) is 0. The maximum absolute atomic E-state index is 14.2. The maximum atomic E-state index is 14.2. The van der Waals surface area contributed by atoms with Crippen LogP contribution in [0, 0.1) is 18.6 Å². The first-order valence-electron chi connectivity index (χ1n) is 5.81. The highest BCUT2D eigenvalue weighted by molar-refractivity contribution is 6.35. The fourth-order valence-corrected chi connectivity index (χ4v) is 2.52. The highest BCUT2D eigenvalue weighted by Gasteiger charge is 2.24. The Morgan fingerprint density at radius 2 is 1.85 bits per heavy atom. The second-order valence-electron chi connectivity index (χ2n) is 4.36. The lowest BCUT2D eigenvalue weighted by molar-refractivity contribution is 0.506. The normalized spacial score (nSPS) is 12.5. The summed E-state index contributed by atoms with van der Waals surface area (Å²) in [5, 5.41) is 0.709. The van der Waals surface area contributed by atoms with Crippen LogP contribution in [0.5, 0.6) is 0 Å². The third-order valence-corrected chi connectivity index (χ3v) is 3.61. The molecular formula is C14H12Cl2F2N2. The van der Waals surface area contributed by atoms with Gasteiger partial charge in [-0.3, -0.25) is 5.84 Å². The van der Waals surface area contributed by atoms with E-state index in [2.05, 4.69) is 5.43 Å². The lowest BCUT2D eigenvalue weighted by Crippen LogP contribution is -2.30. The Morgan fingerprint density at radius 3 is 2.45 bits per heavy atom. The molecule has 6 heteroatoms. The lowest BCUT2D eigenvalue weighted by atomic mass is 9.96. The second-order valence-corrected chi connectivity index (χ2v) is 5.20. The van der Waals surface area contributed by atoms with Crippen LogP contribution in [-0.4, -0.2) is 0 Å². The van der Waals surface area contributed by atoms with Crippen LogP contribution >= 0.6 is 23.2 Å². The molecule has 2 aromatic rings. The molecule has 0 aliphatic heterocycles. The molecule has 2 nitrogen and oxygen atoms in total. The Balaban J connectivity index is 2.61. The standard InChI is InChI=1S/C14H12Cl2F2N2/c1-7-2-5-11(17)12(13(7)18)14(20-19)9-4-3-8(15)6-10(9)16/h2-6,14,20H,19H2,1H3. The molecule has 0 spiro atoms. The van der Waals surface area contributed by atoms with Crippen molar-refractivity contribution in [3.8, 4) is 0 Å². The molecule has 1 atom stereocenters. The number of rotatable bonds is 3. The zero-order valence-corrected chi connectivity index (χ0v) is 12.1. The fraction of sp³-hybridized carbons (Fsp3) is 0.143. The SMILES string of the molecule is Cc1ccc(F)c(C(NN)c2ccc(Cl)cc2Cl)c1F. The summed E-state index contributed by atoms with van der Waals surface area (Å²) in [5.41, 5.74) is 3.00. The van der Waals surface area contributed by atoms with Crippen molar-refractivity contribution in [3.05, 3.63) is 68.7 Å². The maximum Gasteiger partial charge on any atom is 0.134 e.